The Kier molecular flexibility index (Phi) is 11.2. The lowest BCUT2D eigenvalue weighted by atomic mass is 10.0. The van der Waals surface area contributed by atoms with Gasteiger partial charge in [-0.25, -0.2) is 4.98 Å². The minimum atomic E-state index is -0.0109. The molecule has 146 valence electrons. The molecule has 0 saturated heterocycles. The number of oxazole rings is 1. The number of carbonyl (C=O) groups excluding carboxylic acids is 1. The highest BCUT2D eigenvalue weighted by atomic mass is 35.5. The molecule has 3 N–H and O–H groups in total. The lowest BCUT2D eigenvalue weighted by Gasteiger charge is -2.18. The van der Waals surface area contributed by atoms with Gasteiger partial charge in [0.05, 0.1) is 5.69 Å². The van der Waals surface area contributed by atoms with Gasteiger partial charge in [0.2, 0.25) is 5.91 Å². The van der Waals surface area contributed by atoms with Gasteiger partial charge in [0.1, 0.15) is 0 Å². The standard InChI is InChI=1S/C19H27N3O2.2ClH/c1-13(2)11-16(12-20)22-17(23)9-10-18-21-14(3)19(24-18)15-7-5-4-6-8-15;;/h4-8,13,16H,9-12,20H2,1-3H3,(H,22,23);2*1H. The van der Waals surface area contributed by atoms with Crippen molar-refractivity contribution in [3.63, 3.8) is 0 Å². The van der Waals surface area contributed by atoms with Gasteiger partial charge in [-0.1, -0.05) is 44.2 Å². The van der Waals surface area contributed by atoms with E-state index in [0.29, 0.717) is 31.2 Å². The van der Waals surface area contributed by atoms with Gasteiger partial charge >= 0.3 is 0 Å². The molecule has 0 fully saturated rings. The van der Waals surface area contributed by atoms with Crippen molar-refractivity contribution in [1.82, 2.24) is 10.3 Å². The molecule has 0 radical (unpaired) electrons. The smallest absolute Gasteiger partial charge is 0.220 e. The van der Waals surface area contributed by atoms with Crippen molar-refractivity contribution in [2.45, 2.75) is 46.1 Å². The SMILES string of the molecule is Cc1nc(CCC(=O)NC(CN)CC(C)C)oc1-c1ccccc1.Cl.Cl. The van der Waals surface area contributed by atoms with Crippen LogP contribution < -0.4 is 11.1 Å². The Morgan fingerprint density at radius 1 is 1.23 bits per heavy atom. The summed E-state index contributed by atoms with van der Waals surface area (Å²) >= 11 is 0. The zero-order valence-corrected chi connectivity index (χ0v) is 17.2. The summed E-state index contributed by atoms with van der Waals surface area (Å²) in [6, 6.07) is 9.90. The molecule has 0 aliphatic carbocycles. The van der Waals surface area contributed by atoms with Crippen molar-refractivity contribution in [3.05, 3.63) is 41.9 Å². The molecule has 1 amide bonds. The van der Waals surface area contributed by atoms with Crippen LogP contribution in [0.25, 0.3) is 11.3 Å². The third-order valence-electron chi connectivity index (χ3n) is 3.85. The lowest BCUT2D eigenvalue weighted by Crippen LogP contribution is -2.41. The van der Waals surface area contributed by atoms with E-state index >= 15 is 0 Å². The quantitative estimate of drug-likeness (QED) is 0.701. The van der Waals surface area contributed by atoms with Crippen molar-refractivity contribution in [2.75, 3.05) is 6.54 Å². The number of benzene rings is 1. The Hall–Kier alpha value is -1.56. The number of aromatic nitrogens is 1. The Bertz CT molecular complexity index is 660. The van der Waals surface area contributed by atoms with Crippen LogP contribution >= 0.6 is 24.8 Å². The van der Waals surface area contributed by atoms with Crippen LogP contribution in [-0.4, -0.2) is 23.5 Å². The number of hydrogen-bond donors (Lipinski definition) is 2. The molecule has 1 aromatic carbocycles. The molecule has 2 rings (SSSR count). The predicted molar refractivity (Wildman–Crippen MR) is 110 cm³/mol. The molecule has 0 bridgehead atoms. The number of rotatable bonds is 8. The van der Waals surface area contributed by atoms with Crippen LogP contribution in [0.1, 0.15) is 38.3 Å². The van der Waals surface area contributed by atoms with E-state index in [1.54, 1.807) is 0 Å². The van der Waals surface area contributed by atoms with E-state index in [1.165, 1.54) is 0 Å². The molecule has 26 heavy (non-hydrogen) atoms. The highest BCUT2D eigenvalue weighted by Crippen LogP contribution is 2.24. The van der Waals surface area contributed by atoms with Gasteiger partial charge in [-0.2, -0.15) is 0 Å². The highest BCUT2D eigenvalue weighted by Gasteiger charge is 2.15. The molecular formula is C19H29Cl2N3O2. The van der Waals surface area contributed by atoms with Crippen LogP contribution in [0, 0.1) is 12.8 Å². The number of nitrogens with zero attached hydrogens (tertiary/aromatic N) is 1. The second-order valence-corrected chi connectivity index (χ2v) is 6.52. The molecule has 0 aliphatic heterocycles. The van der Waals surface area contributed by atoms with Crippen LogP contribution in [0.2, 0.25) is 0 Å². The van der Waals surface area contributed by atoms with E-state index in [9.17, 15) is 4.79 Å². The van der Waals surface area contributed by atoms with Crippen LogP contribution in [0.5, 0.6) is 0 Å². The monoisotopic (exact) mass is 401 g/mol. The minimum Gasteiger partial charge on any atom is -0.440 e. The number of nitrogens with two attached hydrogens (primary N) is 1. The third kappa shape index (κ3) is 7.36. The van der Waals surface area contributed by atoms with Gasteiger partial charge in [-0.3, -0.25) is 4.79 Å². The van der Waals surface area contributed by atoms with Crippen LogP contribution in [0.3, 0.4) is 0 Å². The Labute approximate surface area is 168 Å². The van der Waals surface area contributed by atoms with Gasteiger partial charge in [0.15, 0.2) is 11.7 Å². The molecule has 0 aliphatic rings. The first-order valence-electron chi connectivity index (χ1n) is 8.50. The maximum atomic E-state index is 12.1. The second kappa shape index (κ2) is 11.9. The Balaban J connectivity index is 0.00000312. The van der Waals surface area contributed by atoms with E-state index in [2.05, 4.69) is 24.1 Å². The maximum Gasteiger partial charge on any atom is 0.220 e. The number of nitrogens with one attached hydrogen (secondary N) is 1. The summed E-state index contributed by atoms with van der Waals surface area (Å²) in [7, 11) is 0. The van der Waals surface area contributed by atoms with Crippen molar-refractivity contribution in [1.29, 1.82) is 0 Å². The van der Waals surface area contributed by atoms with Crippen molar-refractivity contribution >= 4 is 30.7 Å². The number of hydrogen-bond acceptors (Lipinski definition) is 4. The summed E-state index contributed by atoms with van der Waals surface area (Å²) in [4.78, 5) is 16.5. The molecule has 1 unspecified atom stereocenters. The summed E-state index contributed by atoms with van der Waals surface area (Å²) in [5.41, 5.74) is 7.56. The zero-order chi connectivity index (χ0) is 17.5. The summed E-state index contributed by atoms with van der Waals surface area (Å²) in [5, 5.41) is 2.99. The topological polar surface area (TPSA) is 81.2 Å². The minimum absolute atomic E-state index is 0. The summed E-state index contributed by atoms with van der Waals surface area (Å²) < 4.78 is 5.83. The van der Waals surface area contributed by atoms with Crippen molar-refractivity contribution in [2.24, 2.45) is 11.7 Å². The van der Waals surface area contributed by atoms with E-state index in [4.69, 9.17) is 10.2 Å². The Morgan fingerprint density at radius 3 is 2.46 bits per heavy atom. The first-order chi connectivity index (χ1) is 11.5. The maximum absolute atomic E-state index is 12.1. The molecule has 1 atom stereocenters. The summed E-state index contributed by atoms with van der Waals surface area (Å²) in [6.45, 7) is 6.62. The molecule has 1 heterocycles. The fraction of sp³-hybridized carbons (Fsp3) is 0.474. The highest BCUT2D eigenvalue weighted by molar-refractivity contribution is 5.85. The second-order valence-electron chi connectivity index (χ2n) is 6.52. The van der Waals surface area contributed by atoms with Gasteiger partial charge in [0.25, 0.3) is 0 Å². The number of halogens is 2. The van der Waals surface area contributed by atoms with Crippen LogP contribution in [-0.2, 0) is 11.2 Å². The third-order valence-corrected chi connectivity index (χ3v) is 3.85. The largest absolute Gasteiger partial charge is 0.440 e. The average molecular weight is 402 g/mol. The molecule has 1 aromatic heterocycles. The van der Waals surface area contributed by atoms with Gasteiger partial charge < -0.3 is 15.5 Å². The van der Waals surface area contributed by atoms with Crippen molar-refractivity contribution < 1.29 is 9.21 Å². The molecule has 2 aromatic rings. The normalized spacial score (nSPS) is 11.4. The zero-order valence-electron chi connectivity index (χ0n) is 15.5. The number of aryl methyl sites for hydroxylation is 2. The van der Waals surface area contributed by atoms with Gasteiger partial charge in [-0.15, -0.1) is 24.8 Å². The first kappa shape index (κ1) is 24.4. The van der Waals surface area contributed by atoms with Gasteiger partial charge in [0, 0.05) is 31.0 Å². The van der Waals surface area contributed by atoms with E-state index in [1.807, 2.05) is 37.3 Å². The summed E-state index contributed by atoms with van der Waals surface area (Å²) in [5.74, 6) is 1.85. The fourth-order valence-electron chi connectivity index (χ4n) is 2.72. The molecule has 0 saturated carbocycles. The van der Waals surface area contributed by atoms with E-state index in [-0.39, 0.29) is 36.8 Å². The van der Waals surface area contributed by atoms with Crippen molar-refractivity contribution in [3.8, 4) is 11.3 Å². The number of carbonyl (C=O) groups is 1. The first-order valence-corrected chi connectivity index (χ1v) is 8.50. The van der Waals surface area contributed by atoms with Gasteiger partial charge in [-0.05, 0) is 19.3 Å². The molecule has 5 nitrogen and oxygen atoms in total. The summed E-state index contributed by atoms with van der Waals surface area (Å²) in [6.07, 6.45) is 1.72. The van der Waals surface area contributed by atoms with Crippen LogP contribution in [0.15, 0.2) is 34.7 Å². The molecule has 0 spiro atoms. The van der Waals surface area contributed by atoms with E-state index < -0.39 is 0 Å². The number of amides is 1. The average Bonchev–Trinajstić information content (AvgIpc) is 2.93. The molecule has 7 heteroatoms. The lowest BCUT2D eigenvalue weighted by molar-refractivity contribution is -0.121. The van der Waals surface area contributed by atoms with Crippen LogP contribution in [0.4, 0.5) is 0 Å². The Morgan fingerprint density at radius 2 is 1.88 bits per heavy atom. The fourth-order valence-corrected chi connectivity index (χ4v) is 2.72. The van der Waals surface area contributed by atoms with E-state index in [0.717, 1.165) is 23.4 Å². The molecular weight excluding hydrogens is 373 g/mol. The predicted octanol–water partition coefficient (Wildman–Crippen LogP) is 3.92.